The van der Waals surface area contributed by atoms with Gasteiger partial charge in [-0.3, -0.25) is 0 Å². The van der Waals surface area contributed by atoms with Crippen molar-refractivity contribution in [1.29, 1.82) is 0 Å². The van der Waals surface area contributed by atoms with E-state index in [2.05, 4.69) is 21.8 Å². The number of hydrogen-bond donors (Lipinski definition) is 1. The van der Waals surface area contributed by atoms with E-state index in [4.69, 9.17) is 0 Å². The van der Waals surface area contributed by atoms with Gasteiger partial charge in [-0.15, -0.1) is 0 Å². The number of benzene rings is 1. The number of aryl methyl sites for hydroxylation is 2. The molecule has 1 heterocycles. The molecule has 1 N–H and O–H groups in total. The van der Waals surface area contributed by atoms with Crippen molar-refractivity contribution in [3.8, 4) is 0 Å². The molecule has 0 aliphatic carbocycles. The zero-order valence-corrected chi connectivity index (χ0v) is 12.4. The number of aromatic nitrogens is 2. The van der Waals surface area contributed by atoms with Gasteiger partial charge in [0.15, 0.2) is 0 Å². The molecule has 0 saturated heterocycles. The lowest BCUT2D eigenvalue weighted by Crippen LogP contribution is -2.21. The first-order chi connectivity index (χ1) is 9.63. The topological polar surface area (TPSA) is 29.9 Å². The molecule has 4 heteroatoms. The molecule has 2 aromatic rings. The lowest BCUT2D eigenvalue weighted by Gasteiger charge is -2.18. The number of imidazole rings is 1. The SMILES string of the molecule is CCCn1ccnc1CC(NC)c1cc(C)cc(F)c1. The van der Waals surface area contributed by atoms with Crippen molar-refractivity contribution in [1.82, 2.24) is 14.9 Å². The summed E-state index contributed by atoms with van der Waals surface area (Å²) in [6, 6.07) is 5.25. The Morgan fingerprint density at radius 1 is 1.35 bits per heavy atom. The van der Waals surface area contributed by atoms with Crippen molar-refractivity contribution >= 4 is 0 Å². The molecule has 0 saturated carbocycles. The first kappa shape index (κ1) is 14.7. The zero-order valence-electron chi connectivity index (χ0n) is 12.4. The normalized spacial score (nSPS) is 12.6. The Balaban J connectivity index is 2.22. The Morgan fingerprint density at radius 3 is 2.80 bits per heavy atom. The molecule has 3 nitrogen and oxygen atoms in total. The highest BCUT2D eigenvalue weighted by molar-refractivity contribution is 5.27. The van der Waals surface area contributed by atoms with E-state index in [1.165, 1.54) is 0 Å². The molecular weight excluding hydrogens is 253 g/mol. The van der Waals surface area contributed by atoms with Crippen LogP contribution in [0.5, 0.6) is 0 Å². The molecule has 0 radical (unpaired) electrons. The van der Waals surface area contributed by atoms with Gasteiger partial charge in [0, 0.05) is 31.4 Å². The maximum absolute atomic E-state index is 13.6. The van der Waals surface area contributed by atoms with Gasteiger partial charge in [-0.1, -0.05) is 13.0 Å². The molecule has 0 aliphatic rings. The van der Waals surface area contributed by atoms with Crippen molar-refractivity contribution in [3.05, 3.63) is 53.4 Å². The minimum Gasteiger partial charge on any atom is -0.335 e. The minimum atomic E-state index is -0.183. The molecule has 0 aliphatic heterocycles. The third-order valence-corrected chi connectivity index (χ3v) is 3.47. The average molecular weight is 275 g/mol. The molecule has 1 aromatic carbocycles. The summed E-state index contributed by atoms with van der Waals surface area (Å²) in [5.74, 6) is 0.852. The molecule has 0 bridgehead atoms. The molecule has 0 amide bonds. The van der Waals surface area contributed by atoms with Crippen LogP contribution in [0, 0.1) is 12.7 Å². The Labute approximate surface area is 119 Å². The molecule has 1 aromatic heterocycles. The van der Waals surface area contributed by atoms with Crippen LogP contribution in [0.1, 0.15) is 36.3 Å². The van der Waals surface area contributed by atoms with Crippen LogP contribution >= 0.6 is 0 Å². The van der Waals surface area contributed by atoms with Gasteiger partial charge >= 0.3 is 0 Å². The lowest BCUT2D eigenvalue weighted by atomic mass is 10.0. The summed E-state index contributed by atoms with van der Waals surface area (Å²) in [5, 5.41) is 3.26. The molecule has 1 atom stereocenters. The highest BCUT2D eigenvalue weighted by atomic mass is 19.1. The van der Waals surface area contributed by atoms with Crippen LogP contribution in [-0.4, -0.2) is 16.6 Å². The van der Waals surface area contributed by atoms with Crippen molar-refractivity contribution < 1.29 is 4.39 Å². The maximum Gasteiger partial charge on any atom is 0.123 e. The van der Waals surface area contributed by atoms with E-state index >= 15 is 0 Å². The van der Waals surface area contributed by atoms with Gasteiger partial charge in [-0.2, -0.15) is 0 Å². The molecule has 1 unspecified atom stereocenters. The van der Waals surface area contributed by atoms with E-state index in [1.54, 1.807) is 12.1 Å². The number of rotatable bonds is 6. The Bertz CT molecular complexity index is 542. The van der Waals surface area contributed by atoms with Gasteiger partial charge < -0.3 is 9.88 Å². The van der Waals surface area contributed by atoms with Gasteiger partial charge in [-0.25, -0.2) is 9.37 Å². The summed E-state index contributed by atoms with van der Waals surface area (Å²) >= 11 is 0. The van der Waals surface area contributed by atoms with Crippen molar-refractivity contribution in [3.63, 3.8) is 0 Å². The number of hydrogen-bond acceptors (Lipinski definition) is 2. The first-order valence-corrected chi connectivity index (χ1v) is 7.08. The van der Waals surface area contributed by atoms with Crippen LogP contribution in [0.3, 0.4) is 0 Å². The van der Waals surface area contributed by atoms with E-state index in [0.717, 1.165) is 36.3 Å². The standard InChI is InChI=1S/C16H22FN3/c1-4-6-20-7-5-19-16(20)11-15(18-3)13-8-12(2)9-14(17)10-13/h5,7-10,15,18H,4,6,11H2,1-3H3. The summed E-state index contributed by atoms with van der Waals surface area (Å²) in [6.45, 7) is 5.03. The fourth-order valence-corrected chi connectivity index (χ4v) is 2.51. The molecular formula is C16H22FN3. The van der Waals surface area contributed by atoms with Crippen molar-refractivity contribution in [2.75, 3.05) is 7.05 Å². The highest BCUT2D eigenvalue weighted by Crippen LogP contribution is 2.20. The average Bonchev–Trinajstić information content (AvgIpc) is 2.82. The Hall–Kier alpha value is -1.68. The minimum absolute atomic E-state index is 0.0717. The third-order valence-electron chi connectivity index (χ3n) is 3.47. The summed E-state index contributed by atoms with van der Waals surface area (Å²) in [6.07, 6.45) is 5.66. The summed E-state index contributed by atoms with van der Waals surface area (Å²) < 4.78 is 15.7. The monoisotopic (exact) mass is 275 g/mol. The number of nitrogens with one attached hydrogen (secondary N) is 1. The second-order valence-corrected chi connectivity index (χ2v) is 5.14. The predicted molar refractivity (Wildman–Crippen MR) is 79.2 cm³/mol. The van der Waals surface area contributed by atoms with E-state index < -0.39 is 0 Å². The number of halogens is 1. The second-order valence-electron chi connectivity index (χ2n) is 5.14. The maximum atomic E-state index is 13.6. The smallest absolute Gasteiger partial charge is 0.123 e. The first-order valence-electron chi connectivity index (χ1n) is 7.08. The molecule has 0 spiro atoms. The van der Waals surface area contributed by atoms with Crippen LogP contribution in [0.2, 0.25) is 0 Å². The Morgan fingerprint density at radius 2 is 2.15 bits per heavy atom. The molecule has 2 rings (SSSR count). The van der Waals surface area contributed by atoms with Crippen LogP contribution in [0.4, 0.5) is 4.39 Å². The van der Waals surface area contributed by atoms with Crippen LogP contribution in [-0.2, 0) is 13.0 Å². The zero-order chi connectivity index (χ0) is 14.5. The van der Waals surface area contributed by atoms with Gasteiger partial charge in [0.25, 0.3) is 0 Å². The van der Waals surface area contributed by atoms with E-state index in [0.29, 0.717) is 0 Å². The van der Waals surface area contributed by atoms with Gasteiger partial charge in [0.1, 0.15) is 11.6 Å². The fraction of sp³-hybridized carbons (Fsp3) is 0.438. The number of likely N-dealkylation sites (N-methyl/N-ethyl adjacent to an activating group) is 1. The van der Waals surface area contributed by atoms with Gasteiger partial charge in [-0.05, 0) is 43.7 Å². The summed E-state index contributed by atoms with van der Waals surface area (Å²) in [7, 11) is 1.90. The summed E-state index contributed by atoms with van der Waals surface area (Å²) in [4.78, 5) is 4.42. The van der Waals surface area contributed by atoms with Gasteiger partial charge in [0.05, 0.1) is 0 Å². The van der Waals surface area contributed by atoms with Crippen LogP contribution in [0.15, 0.2) is 30.6 Å². The van der Waals surface area contributed by atoms with Crippen molar-refractivity contribution in [2.45, 2.75) is 39.3 Å². The third kappa shape index (κ3) is 3.45. The van der Waals surface area contributed by atoms with E-state index in [9.17, 15) is 4.39 Å². The summed E-state index contributed by atoms with van der Waals surface area (Å²) in [5.41, 5.74) is 1.91. The quantitative estimate of drug-likeness (QED) is 0.877. The molecule has 108 valence electrons. The fourth-order valence-electron chi connectivity index (χ4n) is 2.51. The van der Waals surface area contributed by atoms with Gasteiger partial charge in [0.2, 0.25) is 0 Å². The lowest BCUT2D eigenvalue weighted by molar-refractivity contribution is 0.537. The second kappa shape index (κ2) is 6.66. The molecule has 20 heavy (non-hydrogen) atoms. The van der Waals surface area contributed by atoms with Crippen molar-refractivity contribution in [2.24, 2.45) is 0 Å². The largest absolute Gasteiger partial charge is 0.335 e. The Kier molecular flexibility index (Phi) is 4.90. The van der Waals surface area contributed by atoms with E-state index in [-0.39, 0.29) is 11.9 Å². The van der Waals surface area contributed by atoms with E-state index in [1.807, 2.05) is 32.4 Å². The highest BCUT2D eigenvalue weighted by Gasteiger charge is 2.14. The predicted octanol–water partition coefficient (Wildman–Crippen LogP) is 3.24. The van der Waals surface area contributed by atoms with Crippen LogP contribution in [0.25, 0.3) is 0 Å². The number of nitrogens with zero attached hydrogens (tertiary/aromatic N) is 2. The van der Waals surface area contributed by atoms with Crippen LogP contribution < -0.4 is 5.32 Å². The molecule has 0 fully saturated rings.